The van der Waals surface area contributed by atoms with Crippen molar-refractivity contribution in [3.63, 3.8) is 0 Å². The van der Waals surface area contributed by atoms with Crippen LogP contribution < -0.4 is 10.6 Å². The third-order valence-corrected chi connectivity index (χ3v) is 4.07. The lowest BCUT2D eigenvalue weighted by Crippen LogP contribution is -2.42. The van der Waals surface area contributed by atoms with Gasteiger partial charge in [-0.05, 0) is 31.4 Å². The van der Waals surface area contributed by atoms with Gasteiger partial charge in [-0.3, -0.25) is 4.98 Å². The van der Waals surface area contributed by atoms with Crippen molar-refractivity contribution in [2.24, 2.45) is 7.05 Å². The van der Waals surface area contributed by atoms with Gasteiger partial charge in [-0.2, -0.15) is 0 Å². The van der Waals surface area contributed by atoms with E-state index >= 15 is 0 Å². The monoisotopic (exact) mass is 315 g/mol. The van der Waals surface area contributed by atoms with Crippen molar-refractivity contribution in [3.05, 3.63) is 42.2 Å². The zero-order valence-electron chi connectivity index (χ0n) is 13.3. The fourth-order valence-electron chi connectivity index (χ4n) is 2.77. The summed E-state index contributed by atoms with van der Waals surface area (Å²) in [5.41, 5.74) is 2.73. The van der Waals surface area contributed by atoms with Crippen LogP contribution in [0.2, 0.25) is 0 Å². The lowest BCUT2D eigenvalue weighted by Gasteiger charge is -2.30. The van der Waals surface area contributed by atoms with Gasteiger partial charge >= 0.3 is 6.03 Å². The Balaban J connectivity index is 1.58. The number of rotatable bonds is 3. The van der Waals surface area contributed by atoms with Crippen LogP contribution in [0.15, 0.2) is 31.0 Å². The zero-order chi connectivity index (χ0) is 16.2. The third-order valence-electron chi connectivity index (χ3n) is 4.07. The Hall–Kier alpha value is -2.41. The second kappa shape index (κ2) is 6.78. The van der Waals surface area contributed by atoms with Crippen LogP contribution >= 0.6 is 0 Å². The number of carbonyl (C=O) groups excluding carboxylic acids is 1. The van der Waals surface area contributed by atoms with Gasteiger partial charge in [-0.1, -0.05) is 0 Å². The Bertz CT molecular complexity index is 685. The van der Waals surface area contributed by atoms with Crippen LogP contribution in [-0.4, -0.2) is 33.2 Å². The number of carbonyl (C=O) groups is 1. The summed E-state index contributed by atoms with van der Waals surface area (Å²) in [5, 5.41) is 5.90. The van der Waals surface area contributed by atoms with Crippen LogP contribution in [-0.2, 0) is 11.8 Å². The first-order valence-electron chi connectivity index (χ1n) is 7.69. The number of ether oxygens (including phenoxy) is 1. The maximum Gasteiger partial charge on any atom is 0.319 e. The second-order valence-electron chi connectivity index (χ2n) is 5.80. The minimum atomic E-state index is -0.199. The number of aryl methyl sites for hydroxylation is 2. The minimum Gasteiger partial charge on any atom is -0.372 e. The summed E-state index contributed by atoms with van der Waals surface area (Å²) in [5.74, 6) is 0. The molecule has 7 heteroatoms. The van der Waals surface area contributed by atoms with Gasteiger partial charge in [-0.25, -0.2) is 9.78 Å². The van der Waals surface area contributed by atoms with Crippen LogP contribution in [0.25, 0.3) is 0 Å². The lowest BCUT2D eigenvalue weighted by molar-refractivity contribution is -0.00151. The number of nitrogens with zero attached hydrogens (tertiary/aromatic N) is 3. The highest BCUT2D eigenvalue weighted by atomic mass is 16.5. The molecule has 1 saturated heterocycles. The second-order valence-corrected chi connectivity index (χ2v) is 5.80. The first-order chi connectivity index (χ1) is 11.1. The Morgan fingerprint density at radius 2 is 2.26 bits per heavy atom. The summed E-state index contributed by atoms with van der Waals surface area (Å²) in [4.78, 5) is 20.3. The minimum absolute atomic E-state index is 0.0378. The first kappa shape index (κ1) is 15.5. The van der Waals surface area contributed by atoms with E-state index in [1.807, 2.05) is 24.7 Å². The van der Waals surface area contributed by atoms with Gasteiger partial charge in [0.2, 0.25) is 0 Å². The van der Waals surface area contributed by atoms with Crippen molar-refractivity contribution in [2.75, 3.05) is 11.9 Å². The maximum atomic E-state index is 12.2. The number of hydrogen-bond donors (Lipinski definition) is 2. The van der Waals surface area contributed by atoms with Crippen molar-refractivity contribution >= 4 is 11.7 Å². The molecule has 23 heavy (non-hydrogen) atoms. The molecule has 122 valence electrons. The average Bonchev–Trinajstić information content (AvgIpc) is 2.96. The van der Waals surface area contributed by atoms with Gasteiger partial charge in [-0.15, -0.1) is 0 Å². The van der Waals surface area contributed by atoms with E-state index in [0.29, 0.717) is 6.61 Å². The molecule has 2 aromatic heterocycles. The average molecular weight is 315 g/mol. The number of amides is 2. The topological polar surface area (TPSA) is 81.1 Å². The fourth-order valence-corrected chi connectivity index (χ4v) is 2.77. The lowest BCUT2D eigenvalue weighted by atomic mass is 10.0. The van der Waals surface area contributed by atoms with Gasteiger partial charge in [0, 0.05) is 37.8 Å². The molecule has 0 radical (unpaired) electrons. The van der Waals surface area contributed by atoms with Crippen molar-refractivity contribution < 1.29 is 9.53 Å². The van der Waals surface area contributed by atoms with Crippen LogP contribution in [0.4, 0.5) is 10.5 Å². The summed E-state index contributed by atoms with van der Waals surface area (Å²) in [6.07, 6.45) is 8.46. The molecular formula is C16H21N5O2. The predicted molar refractivity (Wildman–Crippen MR) is 86.1 cm³/mol. The summed E-state index contributed by atoms with van der Waals surface area (Å²) in [7, 11) is 1.95. The van der Waals surface area contributed by atoms with Crippen molar-refractivity contribution in [3.8, 4) is 0 Å². The summed E-state index contributed by atoms with van der Waals surface area (Å²) in [6, 6.07) is 1.66. The smallest absolute Gasteiger partial charge is 0.319 e. The number of urea groups is 1. The van der Waals surface area contributed by atoms with E-state index in [1.54, 1.807) is 24.8 Å². The molecule has 0 spiro atoms. The number of imidazole rings is 1. The Labute approximate surface area is 135 Å². The van der Waals surface area contributed by atoms with Crippen molar-refractivity contribution in [1.29, 1.82) is 0 Å². The highest BCUT2D eigenvalue weighted by Crippen LogP contribution is 2.27. The van der Waals surface area contributed by atoms with E-state index in [-0.39, 0.29) is 18.2 Å². The molecule has 3 rings (SSSR count). The van der Waals surface area contributed by atoms with E-state index < -0.39 is 0 Å². The Kier molecular flexibility index (Phi) is 4.57. The molecule has 2 atom stereocenters. The fraction of sp³-hybridized carbons (Fsp3) is 0.438. The molecule has 2 aromatic rings. The first-order valence-corrected chi connectivity index (χ1v) is 7.69. The molecule has 3 heterocycles. The van der Waals surface area contributed by atoms with Crippen molar-refractivity contribution in [1.82, 2.24) is 19.9 Å². The SMILES string of the molecule is Cc1cnccc1NC(=O)N[C@H]1CCO[C@H](c2cncn2C)C1. The van der Waals surface area contributed by atoms with E-state index in [0.717, 1.165) is 29.8 Å². The van der Waals surface area contributed by atoms with E-state index in [4.69, 9.17) is 4.74 Å². The molecule has 0 saturated carbocycles. The van der Waals surface area contributed by atoms with Crippen LogP contribution in [0.5, 0.6) is 0 Å². The van der Waals surface area contributed by atoms with E-state index in [1.165, 1.54) is 0 Å². The predicted octanol–water partition coefficient (Wildman–Crippen LogP) is 2.17. The molecule has 1 aliphatic heterocycles. The van der Waals surface area contributed by atoms with E-state index in [9.17, 15) is 4.79 Å². The molecule has 2 amide bonds. The largest absolute Gasteiger partial charge is 0.372 e. The molecule has 0 unspecified atom stereocenters. The van der Waals surface area contributed by atoms with E-state index in [2.05, 4.69) is 20.6 Å². The zero-order valence-corrected chi connectivity index (χ0v) is 13.3. The molecule has 0 aliphatic carbocycles. The van der Waals surface area contributed by atoms with Gasteiger partial charge in [0.15, 0.2) is 0 Å². The molecule has 1 aliphatic rings. The third kappa shape index (κ3) is 3.68. The highest BCUT2D eigenvalue weighted by Gasteiger charge is 2.26. The maximum absolute atomic E-state index is 12.2. The summed E-state index contributed by atoms with van der Waals surface area (Å²) in [6.45, 7) is 2.53. The normalized spacial score (nSPS) is 21.0. The molecule has 1 fully saturated rings. The molecule has 2 N–H and O–H groups in total. The van der Waals surface area contributed by atoms with Crippen LogP contribution in [0, 0.1) is 6.92 Å². The molecular weight excluding hydrogens is 294 g/mol. The van der Waals surface area contributed by atoms with Crippen molar-refractivity contribution in [2.45, 2.75) is 31.9 Å². The quantitative estimate of drug-likeness (QED) is 0.909. The van der Waals surface area contributed by atoms with Gasteiger partial charge in [0.05, 0.1) is 18.2 Å². The number of aromatic nitrogens is 3. The number of anilines is 1. The molecule has 7 nitrogen and oxygen atoms in total. The number of pyridine rings is 1. The standard InChI is InChI=1S/C16H21N5O2/c1-11-8-17-5-3-13(11)20-16(22)19-12-4-6-23-15(7-12)14-9-18-10-21(14)2/h3,5,8-10,12,15H,4,6-7H2,1-2H3,(H2,17,19,20,22)/t12-,15-/m0/s1. The summed E-state index contributed by atoms with van der Waals surface area (Å²) < 4.78 is 7.76. The number of nitrogens with one attached hydrogen (secondary N) is 2. The highest BCUT2D eigenvalue weighted by molar-refractivity contribution is 5.90. The van der Waals surface area contributed by atoms with Gasteiger partial charge in [0.1, 0.15) is 6.10 Å². The van der Waals surface area contributed by atoms with Gasteiger partial charge in [0.25, 0.3) is 0 Å². The molecule has 0 aromatic carbocycles. The molecule has 0 bridgehead atoms. The Morgan fingerprint density at radius 3 is 3.00 bits per heavy atom. The Morgan fingerprint density at radius 1 is 1.39 bits per heavy atom. The van der Waals surface area contributed by atoms with Gasteiger partial charge < -0.3 is 19.9 Å². The van der Waals surface area contributed by atoms with Crippen LogP contribution in [0.3, 0.4) is 0 Å². The summed E-state index contributed by atoms with van der Waals surface area (Å²) >= 11 is 0. The number of hydrogen-bond acceptors (Lipinski definition) is 4. The van der Waals surface area contributed by atoms with Crippen LogP contribution in [0.1, 0.15) is 30.2 Å².